The topological polar surface area (TPSA) is 79.4 Å². The van der Waals surface area contributed by atoms with E-state index in [-0.39, 0.29) is 5.56 Å². The molecule has 0 aliphatic heterocycles. The molecule has 0 aliphatic carbocycles. The number of halogens is 1. The Balaban J connectivity index is 2.85. The number of carboxylic acid groups (broad SMARTS) is 1. The average Bonchev–Trinajstić information content (AvgIpc) is 2.28. The first-order chi connectivity index (χ1) is 8.04. The highest BCUT2D eigenvalue weighted by atomic mass is 127. The van der Waals surface area contributed by atoms with Gasteiger partial charge >= 0.3 is 5.97 Å². The van der Waals surface area contributed by atoms with E-state index in [2.05, 4.69) is 27.6 Å². The number of carboxylic acids is 1. The molecule has 2 rings (SSSR count). The highest BCUT2D eigenvalue weighted by molar-refractivity contribution is 14.1. The fourth-order valence-electron chi connectivity index (χ4n) is 1.54. The summed E-state index contributed by atoms with van der Waals surface area (Å²) in [6, 6.07) is 3.28. The van der Waals surface area contributed by atoms with E-state index in [1.807, 2.05) is 0 Å². The second kappa shape index (κ2) is 4.36. The standard InChI is InChI=1S/C11H8INO4/c1-17-9-2-5-8(3-7(9)12)13-4-6(10(5)14)11(15)16/h2-4H,1H3,(H,13,14)(H,15,16). The van der Waals surface area contributed by atoms with E-state index in [4.69, 9.17) is 9.84 Å². The van der Waals surface area contributed by atoms with Gasteiger partial charge in [-0.05, 0) is 34.7 Å². The summed E-state index contributed by atoms with van der Waals surface area (Å²) in [5.74, 6) is -0.697. The van der Waals surface area contributed by atoms with Crippen LogP contribution in [0.1, 0.15) is 10.4 Å². The second-order valence-electron chi connectivity index (χ2n) is 3.37. The summed E-state index contributed by atoms with van der Waals surface area (Å²) in [6.07, 6.45) is 1.20. The summed E-state index contributed by atoms with van der Waals surface area (Å²) in [7, 11) is 1.50. The SMILES string of the molecule is COc1cc2c(=O)c(C(=O)O)c[nH]c2cc1I. The van der Waals surface area contributed by atoms with Gasteiger partial charge in [-0.1, -0.05) is 0 Å². The lowest BCUT2D eigenvalue weighted by Gasteiger charge is -2.05. The molecule has 0 amide bonds. The fourth-order valence-corrected chi connectivity index (χ4v) is 2.22. The van der Waals surface area contributed by atoms with Crippen molar-refractivity contribution in [2.24, 2.45) is 0 Å². The van der Waals surface area contributed by atoms with E-state index < -0.39 is 11.4 Å². The number of carbonyl (C=O) groups is 1. The Morgan fingerprint density at radius 3 is 2.76 bits per heavy atom. The molecule has 2 N–H and O–H groups in total. The Morgan fingerprint density at radius 1 is 1.47 bits per heavy atom. The Morgan fingerprint density at radius 2 is 2.18 bits per heavy atom. The van der Waals surface area contributed by atoms with Crippen LogP contribution < -0.4 is 10.2 Å². The molecule has 5 nitrogen and oxygen atoms in total. The number of aromatic amines is 1. The number of H-pyrrole nitrogens is 1. The van der Waals surface area contributed by atoms with E-state index in [0.717, 1.165) is 3.57 Å². The molecule has 6 heteroatoms. The number of fused-ring (bicyclic) bond motifs is 1. The Kier molecular flexibility index (Phi) is 3.05. The summed E-state index contributed by atoms with van der Waals surface area (Å²) >= 11 is 2.08. The highest BCUT2D eigenvalue weighted by Crippen LogP contribution is 2.24. The molecule has 1 aromatic carbocycles. The smallest absolute Gasteiger partial charge is 0.341 e. The van der Waals surface area contributed by atoms with Crippen LogP contribution >= 0.6 is 22.6 Å². The van der Waals surface area contributed by atoms with Crippen LogP contribution in [0.15, 0.2) is 23.1 Å². The van der Waals surface area contributed by atoms with Gasteiger partial charge in [0, 0.05) is 6.20 Å². The molecule has 88 valence electrons. The zero-order chi connectivity index (χ0) is 12.6. The van der Waals surface area contributed by atoms with Gasteiger partial charge in [0.2, 0.25) is 5.43 Å². The fraction of sp³-hybridized carbons (Fsp3) is 0.0909. The summed E-state index contributed by atoms with van der Waals surface area (Å²) in [5.41, 5.74) is -0.202. The molecule has 1 aromatic heterocycles. The maximum Gasteiger partial charge on any atom is 0.341 e. The number of nitrogens with one attached hydrogen (secondary N) is 1. The van der Waals surface area contributed by atoms with Gasteiger partial charge in [0.15, 0.2) is 0 Å². The summed E-state index contributed by atoms with van der Waals surface area (Å²) in [4.78, 5) is 25.5. The van der Waals surface area contributed by atoms with E-state index in [1.165, 1.54) is 13.3 Å². The molecular formula is C11H8INO4. The molecule has 0 unspecified atom stereocenters. The number of hydrogen-bond donors (Lipinski definition) is 2. The molecule has 0 saturated heterocycles. The van der Waals surface area contributed by atoms with Gasteiger partial charge in [-0.25, -0.2) is 4.79 Å². The van der Waals surface area contributed by atoms with Crippen molar-refractivity contribution in [2.75, 3.05) is 7.11 Å². The molecule has 0 spiro atoms. The molecule has 0 bridgehead atoms. The number of aromatic carboxylic acids is 1. The van der Waals surface area contributed by atoms with Crippen molar-refractivity contribution in [2.45, 2.75) is 0 Å². The Labute approximate surface area is 110 Å². The molecule has 0 atom stereocenters. The van der Waals surface area contributed by atoms with Crippen LogP contribution in [-0.4, -0.2) is 23.2 Å². The van der Waals surface area contributed by atoms with Crippen LogP contribution in [0.5, 0.6) is 5.75 Å². The van der Waals surface area contributed by atoms with E-state index in [1.54, 1.807) is 12.1 Å². The van der Waals surface area contributed by atoms with Crippen LogP contribution in [0.25, 0.3) is 10.9 Å². The molecular weight excluding hydrogens is 337 g/mol. The Hall–Kier alpha value is -1.57. The molecule has 1 heterocycles. The van der Waals surface area contributed by atoms with Crippen LogP contribution in [0.3, 0.4) is 0 Å². The molecule has 17 heavy (non-hydrogen) atoms. The van der Waals surface area contributed by atoms with E-state index in [0.29, 0.717) is 16.7 Å². The molecule has 2 aromatic rings. The van der Waals surface area contributed by atoms with Crippen molar-refractivity contribution in [3.05, 3.63) is 37.7 Å². The molecule has 0 aliphatic rings. The third-order valence-electron chi connectivity index (χ3n) is 2.38. The number of rotatable bonds is 2. The quantitative estimate of drug-likeness (QED) is 0.814. The van der Waals surface area contributed by atoms with Crippen LogP contribution in [-0.2, 0) is 0 Å². The van der Waals surface area contributed by atoms with Crippen molar-refractivity contribution in [1.82, 2.24) is 4.98 Å². The van der Waals surface area contributed by atoms with Gasteiger partial charge < -0.3 is 14.8 Å². The first-order valence-corrected chi connectivity index (χ1v) is 5.74. The second-order valence-corrected chi connectivity index (χ2v) is 4.53. The van der Waals surface area contributed by atoms with E-state index in [9.17, 15) is 9.59 Å². The van der Waals surface area contributed by atoms with E-state index >= 15 is 0 Å². The normalized spacial score (nSPS) is 10.5. The van der Waals surface area contributed by atoms with Crippen molar-refractivity contribution in [3.8, 4) is 5.75 Å². The lowest BCUT2D eigenvalue weighted by atomic mass is 10.1. The molecule has 0 fully saturated rings. The average molecular weight is 345 g/mol. The predicted octanol–water partition coefficient (Wildman–Crippen LogP) is 1.84. The largest absolute Gasteiger partial charge is 0.496 e. The lowest BCUT2D eigenvalue weighted by Crippen LogP contribution is -2.15. The Bertz CT molecular complexity index is 662. The number of aromatic nitrogens is 1. The lowest BCUT2D eigenvalue weighted by molar-refractivity contribution is 0.0695. The third kappa shape index (κ3) is 1.99. The molecule has 0 radical (unpaired) electrons. The molecule has 0 saturated carbocycles. The van der Waals surface area contributed by atoms with Crippen LogP contribution in [0.2, 0.25) is 0 Å². The first kappa shape index (κ1) is 11.9. The van der Waals surface area contributed by atoms with Gasteiger partial charge in [0.1, 0.15) is 11.3 Å². The summed E-state index contributed by atoms with van der Waals surface area (Å²) < 4.78 is 5.94. The number of ether oxygens (including phenoxy) is 1. The monoisotopic (exact) mass is 345 g/mol. The zero-order valence-electron chi connectivity index (χ0n) is 8.78. The van der Waals surface area contributed by atoms with Gasteiger partial charge in [-0.3, -0.25) is 4.79 Å². The number of pyridine rings is 1. The maximum absolute atomic E-state index is 11.9. The number of benzene rings is 1. The minimum Gasteiger partial charge on any atom is -0.496 e. The summed E-state index contributed by atoms with van der Waals surface area (Å²) in [6.45, 7) is 0. The summed E-state index contributed by atoms with van der Waals surface area (Å²) in [5, 5.41) is 9.16. The third-order valence-corrected chi connectivity index (χ3v) is 3.23. The van der Waals surface area contributed by atoms with Crippen LogP contribution in [0, 0.1) is 3.57 Å². The first-order valence-electron chi connectivity index (χ1n) is 4.67. The predicted molar refractivity (Wildman–Crippen MR) is 70.8 cm³/mol. The van der Waals surface area contributed by atoms with Crippen LogP contribution in [0.4, 0.5) is 0 Å². The van der Waals surface area contributed by atoms with Crippen molar-refractivity contribution < 1.29 is 14.6 Å². The van der Waals surface area contributed by atoms with Crippen molar-refractivity contribution in [1.29, 1.82) is 0 Å². The van der Waals surface area contributed by atoms with Crippen molar-refractivity contribution in [3.63, 3.8) is 0 Å². The van der Waals surface area contributed by atoms with Gasteiger partial charge in [0.25, 0.3) is 0 Å². The van der Waals surface area contributed by atoms with Gasteiger partial charge in [-0.15, -0.1) is 0 Å². The zero-order valence-corrected chi connectivity index (χ0v) is 10.9. The number of methoxy groups -OCH3 is 1. The maximum atomic E-state index is 11.9. The highest BCUT2D eigenvalue weighted by Gasteiger charge is 2.13. The number of hydrogen-bond acceptors (Lipinski definition) is 3. The minimum absolute atomic E-state index is 0.277. The van der Waals surface area contributed by atoms with Gasteiger partial charge in [-0.2, -0.15) is 0 Å². The van der Waals surface area contributed by atoms with Gasteiger partial charge in [0.05, 0.1) is 21.6 Å². The minimum atomic E-state index is -1.24. The van der Waals surface area contributed by atoms with Crippen molar-refractivity contribution >= 4 is 39.5 Å².